The lowest BCUT2D eigenvalue weighted by molar-refractivity contribution is 0.475. The lowest BCUT2D eigenvalue weighted by Crippen LogP contribution is -2.26. The molecule has 0 unspecified atom stereocenters. The van der Waals surface area contributed by atoms with Crippen LogP contribution in [0.1, 0.15) is 33.1 Å². The van der Waals surface area contributed by atoms with Crippen molar-refractivity contribution in [1.29, 1.82) is 0 Å². The van der Waals surface area contributed by atoms with E-state index in [9.17, 15) is 0 Å². The number of unbranched alkanes of at least 4 members (excludes halogenated alkanes) is 1. The van der Waals surface area contributed by atoms with Crippen molar-refractivity contribution in [1.82, 2.24) is 4.90 Å². The summed E-state index contributed by atoms with van der Waals surface area (Å²) in [5.74, 6) is 1.21. The van der Waals surface area contributed by atoms with E-state index >= 15 is 0 Å². The summed E-state index contributed by atoms with van der Waals surface area (Å²) in [6.07, 6.45) is 3.55. The minimum absolute atomic E-state index is 1.04. The summed E-state index contributed by atoms with van der Waals surface area (Å²) in [4.78, 5) is 6.44. The third kappa shape index (κ3) is 4.02. The molecule has 0 aromatic carbocycles. The molecule has 0 fully saturated rings. The molecule has 0 atom stereocenters. The Hall–Kier alpha value is -0.530. The maximum Gasteiger partial charge on any atom is 0.0980 e. The molecule has 0 radical (unpaired) electrons. The average Bonchev–Trinajstić information content (AvgIpc) is 2.03. The number of hydrogen-bond donors (Lipinski definition) is 0. The van der Waals surface area contributed by atoms with E-state index in [1.807, 2.05) is 7.05 Å². The van der Waals surface area contributed by atoms with Crippen LogP contribution in [0.15, 0.2) is 4.99 Å². The molecule has 11 heavy (non-hydrogen) atoms. The molecule has 2 nitrogen and oxygen atoms in total. The Morgan fingerprint density at radius 1 is 1.36 bits per heavy atom. The minimum atomic E-state index is 1.04. The molecule has 0 saturated heterocycles. The van der Waals surface area contributed by atoms with Crippen LogP contribution >= 0.6 is 0 Å². The second-order valence-corrected chi connectivity index (χ2v) is 2.77. The zero-order valence-corrected chi connectivity index (χ0v) is 8.22. The highest BCUT2D eigenvalue weighted by Crippen LogP contribution is 1.96. The standard InChI is InChI=1S/C9H20N2/c1-5-7-8-11(4)9(6-2)10-3/h5-8H2,1-4H3. The van der Waals surface area contributed by atoms with Gasteiger partial charge in [0, 0.05) is 27.1 Å². The number of rotatable bonds is 4. The summed E-state index contributed by atoms with van der Waals surface area (Å²) in [6.45, 7) is 5.49. The van der Waals surface area contributed by atoms with Crippen LogP contribution in [-0.2, 0) is 0 Å². The van der Waals surface area contributed by atoms with E-state index < -0.39 is 0 Å². The Labute approximate surface area is 70.3 Å². The van der Waals surface area contributed by atoms with Gasteiger partial charge in [0.05, 0.1) is 5.84 Å². The molecular formula is C9H20N2. The second-order valence-electron chi connectivity index (χ2n) is 2.77. The lowest BCUT2D eigenvalue weighted by Gasteiger charge is -2.19. The molecule has 0 aliphatic carbocycles. The zero-order valence-electron chi connectivity index (χ0n) is 8.22. The van der Waals surface area contributed by atoms with Crippen molar-refractivity contribution in [3.63, 3.8) is 0 Å². The Balaban J connectivity index is 3.70. The summed E-state index contributed by atoms with van der Waals surface area (Å²) < 4.78 is 0. The highest BCUT2D eigenvalue weighted by atomic mass is 15.1. The molecule has 0 aromatic heterocycles. The first-order valence-electron chi connectivity index (χ1n) is 4.43. The quantitative estimate of drug-likeness (QED) is 0.450. The second kappa shape index (κ2) is 6.20. The van der Waals surface area contributed by atoms with Crippen LogP contribution in [0.2, 0.25) is 0 Å². The van der Waals surface area contributed by atoms with E-state index in [1.165, 1.54) is 18.7 Å². The minimum Gasteiger partial charge on any atom is -0.363 e. The van der Waals surface area contributed by atoms with Crippen LogP contribution < -0.4 is 0 Å². The molecule has 0 heterocycles. The van der Waals surface area contributed by atoms with Gasteiger partial charge >= 0.3 is 0 Å². The van der Waals surface area contributed by atoms with Gasteiger partial charge < -0.3 is 4.90 Å². The van der Waals surface area contributed by atoms with Gasteiger partial charge in [0.25, 0.3) is 0 Å². The van der Waals surface area contributed by atoms with Crippen molar-refractivity contribution in [2.75, 3.05) is 20.6 Å². The van der Waals surface area contributed by atoms with Crippen molar-refractivity contribution in [2.24, 2.45) is 4.99 Å². The first-order chi connectivity index (χ1) is 5.26. The van der Waals surface area contributed by atoms with Gasteiger partial charge in [-0.05, 0) is 6.42 Å². The van der Waals surface area contributed by atoms with Crippen LogP contribution in [0.5, 0.6) is 0 Å². The van der Waals surface area contributed by atoms with Crippen LogP contribution in [0.3, 0.4) is 0 Å². The highest BCUT2D eigenvalue weighted by molar-refractivity contribution is 5.81. The first kappa shape index (κ1) is 10.5. The van der Waals surface area contributed by atoms with Gasteiger partial charge in [-0.15, -0.1) is 0 Å². The maximum atomic E-state index is 4.20. The van der Waals surface area contributed by atoms with Gasteiger partial charge in [-0.1, -0.05) is 20.3 Å². The summed E-state index contributed by atoms with van der Waals surface area (Å²) >= 11 is 0. The number of aliphatic imine (C=N–C) groups is 1. The molecule has 0 bridgehead atoms. The maximum absolute atomic E-state index is 4.20. The Kier molecular flexibility index (Phi) is 5.90. The Morgan fingerprint density at radius 2 is 2.00 bits per heavy atom. The SMILES string of the molecule is CCCCN(C)C(CC)=NC. The molecule has 2 heteroatoms. The van der Waals surface area contributed by atoms with E-state index in [0.29, 0.717) is 0 Å². The fourth-order valence-corrected chi connectivity index (χ4v) is 1.12. The third-order valence-electron chi connectivity index (χ3n) is 1.86. The lowest BCUT2D eigenvalue weighted by atomic mass is 10.3. The van der Waals surface area contributed by atoms with E-state index in [0.717, 1.165) is 13.0 Å². The van der Waals surface area contributed by atoms with Gasteiger partial charge in [0.1, 0.15) is 0 Å². The fraction of sp³-hybridized carbons (Fsp3) is 0.889. The van der Waals surface area contributed by atoms with Gasteiger partial charge in [-0.25, -0.2) is 0 Å². The average molecular weight is 156 g/mol. The number of hydrogen-bond acceptors (Lipinski definition) is 1. The molecular weight excluding hydrogens is 136 g/mol. The van der Waals surface area contributed by atoms with Crippen LogP contribution in [0.4, 0.5) is 0 Å². The number of nitrogens with zero attached hydrogens (tertiary/aromatic N) is 2. The van der Waals surface area contributed by atoms with E-state index in [-0.39, 0.29) is 0 Å². The van der Waals surface area contributed by atoms with Gasteiger partial charge in [0.2, 0.25) is 0 Å². The summed E-state index contributed by atoms with van der Waals surface area (Å²) in [5.41, 5.74) is 0. The molecule has 0 rings (SSSR count). The predicted molar refractivity (Wildman–Crippen MR) is 51.2 cm³/mol. The highest BCUT2D eigenvalue weighted by Gasteiger charge is 2.00. The van der Waals surface area contributed by atoms with E-state index in [2.05, 4.69) is 30.8 Å². The normalized spacial score (nSPS) is 11.8. The fourth-order valence-electron chi connectivity index (χ4n) is 1.12. The summed E-state index contributed by atoms with van der Waals surface area (Å²) in [5, 5.41) is 0. The summed E-state index contributed by atoms with van der Waals surface area (Å²) in [6, 6.07) is 0. The van der Waals surface area contributed by atoms with Crippen molar-refractivity contribution >= 4 is 5.84 Å². The van der Waals surface area contributed by atoms with Crippen molar-refractivity contribution in [2.45, 2.75) is 33.1 Å². The molecule has 0 spiro atoms. The van der Waals surface area contributed by atoms with Crippen molar-refractivity contribution in [3.05, 3.63) is 0 Å². The largest absolute Gasteiger partial charge is 0.363 e. The molecule has 0 saturated carbocycles. The van der Waals surface area contributed by atoms with Gasteiger partial charge in [-0.3, -0.25) is 4.99 Å². The van der Waals surface area contributed by atoms with Crippen LogP contribution in [-0.4, -0.2) is 31.4 Å². The third-order valence-corrected chi connectivity index (χ3v) is 1.86. The smallest absolute Gasteiger partial charge is 0.0980 e. The molecule has 0 aliphatic rings. The summed E-state index contributed by atoms with van der Waals surface area (Å²) in [7, 11) is 3.97. The van der Waals surface area contributed by atoms with Crippen LogP contribution in [0, 0.1) is 0 Å². The van der Waals surface area contributed by atoms with Crippen molar-refractivity contribution in [3.8, 4) is 0 Å². The Bertz CT molecular complexity index is 119. The van der Waals surface area contributed by atoms with E-state index in [4.69, 9.17) is 0 Å². The molecule has 0 aliphatic heterocycles. The zero-order chi connectivity index (χ0) is 8.69. The molecule has 0 amide bonds. The van der Waals surface area contributed by atoms with Crippen LogP contribution in [0.25, 0.3) is 0 Å². The van der Waals surface area contributed by atoms with Crippen molar-refractivity contribution < 1.29 is 0 Å². The Morgan fingerprint density at radius 3 is 2.36 bits per heavy atom. The van der Waals surface area contributed by atoms with E-state index in [1.54, 1.807) is 0 Å². The first-order valence-corrected chi connectivity index (χ1v) is 4.43. The molecule has 66 valence electrons. The topological polar surface area (TPSA) is 15.6 Å². The number of amidine groups is 1. The van der Waals surface area contributed by atoms with Gasteiger partial charge in [0.15, 0.2) is 0 Å². The monoisotopic (exact) mass is 156 g/mol. The molecule has 0 N–H and O–H groups in total. The molecule has 0 aromatic rings. The van der Waals surface area contributed by atoms with Gasteiger partial charge in [-0.2, -0.15) is 0 Å². The predicted octanol–water partition coefficient (Wildman–Crippen LogP) is 2.16.